The van der Waals surface area contributed by atoms with E-state index >= 15 is 0 Å². The van der Waals surface area contributed by atoms with Crippen LogP contribution in [0.1, 0.15) is 44.9 Å². The Balaban J connectivity index is 0.990. The Morgan fingerprint density at radius 1 is 0.362 bits per heavy atom. The summed E-state index contributed by atoms with van der Waals surface area (Å²) in [6.07, 6.45) is 1.98. The van der Waals surface area contributed by atoms with Crippen LogP contribution in [0, 0.1) is 0 Å². The second-order valence-corrected chi connectivity index (χ2v) is 13.2. The van der Waals surface area contributed by atoms with Gasteiger partial charge in [-0.15, -0.1) is 0 Å². The van der Waals surface area contributed by atoms with Crippen molar-refractivity contribution in [3.63, 3.8) is 0 Å². The van der Waals surface area contributed by atoms with Crippen LogP contribution in [0.3, 0.4) is 0 Å². The van der Waals surface area contributed by atoms with E-state index in [1.165, 1.54) is 94.6 Å². The van der Waals surface area contributed by atoms with Crippen LogP contribution in [-0.4, -0.2) is 0 Å². The molecule has 220 valence electrons. The van der Waals surface area contributed by atoms with Gasteiger partial charge >= 0.3 is 0 Å². The van der Waals surface area contributed by atoms with Crippen LogP contribution < -0.4 is 0 Å². The summed E-state index contributed by atoms with van der Waals surface area (Å²) >= 11 is 0. The molecule has 7 aromatic rings. The minimum Gasteiger partial charge on any atom is -0.0622 e. The number of hydrogen-bond acceptors (Lipinski definition) is 0. The molecular weight excluding hydrogens is 565 g/mol. The summed E-state index contributed by atoms with van der Waals surface area (Å²) in [5.74, 6) is 0.267. The molecule has 0 heterocycles. The molecule has 0 saturated heterocycles. The second kappa shape index (κ2) is 10.4. The van der Waals surface area contributed by atoms with Gasteiger partial charge in [-0.05, 0) is 107 Å². The number of fused-ring (bicyclic) bond motifs is 7. The highest BCUT2D eigenvalue weighted by Crippen LogP contribution is 2.57. The lowest BCUT2D eigenvalue weighted by Gasteiger charge is -2.21. The first-order valence-corrected chi connectivity index (χ1v) is 16.7. The molecule has 0 saturated carbocycles. The zero-order valence-electron chi connectivity index (χ0n) is 26.1. The fourth-order valence-electron chi connectivity index (χ4n) is 8.51. The monoisotopic (exact) mass is 596 g/mol. The van der Waals surface area contributed by atoms with Gasteiger partial charge in [0.2, 0.25) is 0 Å². The lowest BCUT2D eigenvalue weighted by molar-refractivity contribution is 1.06. The summed E-state index contributed by atoms with van der Waals surface area (Å²) in [5, 5.41) is 0. The highest BCUT2D eigenvalue weighted by atomic mass is 14.4. The Morgan fingerprint density at radius 3 is 1.66 bits per heavy atom. The van der Waals surface area contributed by atoms with E-state index in [1.807, 2.05) is 0 Å². The van der Waals surface area contributed by atoms with Gasteiger partial charge in [-0.2, -0.15) is 0 Å². The zero-order chi connectivity index (χ0) is 30.9. The first-order valence-electron chi connectivity index (χ1n) is 16.7. The third-order valence-corrected chi connectivity index (χ3v) is 10.6. The Hall–Kier alpha value is -5.72. The second-order valence-electron chi connectivity index (χ2n) is 13.2. The van der Waals surface area contributed by atoms with Crippen LogP contribution >= 0.6 is 0 Å². The number of allylic oxidation sites excluding steroid dienone is 2. The van der Waals surface area contributed by atoms with Crippen molar-refractivity contribution in [3.05, 3.63) is 203 Å². The van der Waals surface area contributed by atoms with Crippen LogP contribution in [0.15, 0.2) is 164 Å². The molecule has 0 aromatic heterocycles. The average molecular weight is 597 g/mol. The van der Waals surface area contributed by atoms with Gasteiger partial charge < -0.3 is 0 Å². The Kier molecular flexibility index (Phi) is 5.87. The molecule has 47 heavy (non-hydrogen) atoms. The lowest BCUT2D eigenvalue weighted by atomic mass is 9.82. The van der Waals surface area contributed by atoms with Crippen molar-refractivity contribution in [1.82, 2.24) is 0 Å². The molecule has 0 bridgehead atoms. The standard InChI is InChI=1S/C47H32/c1-3-10-30(11-4-1)34-22-24-39-37(26-34)28-38-27-35(23-25-40(38)39)31-18-20-32(21-19-31)41-17-9-14-36-29-44-42-15-7-8-16-43(42)45(47(44)46(36)41)33-12-5-2-6-13-33/h1-27,45H,28-29H2. The van der Waals surface area contributed by atoms with Crippen LogP contribution in [0.4, 0.5) is 0 Å². The van der Waals surface area contributed by atoms with Crippen LogP contribution in [0.5, 0.6) is 0 Å². The molecule has 0 nitrogen and oxygen atoms in total. The maximum atomic E-state index is 2.41. The van der Waals surface area contributed by atoms with E-state index < -0.39 is 0 Å². The topological polar surface area (TPSA) is 0 Å². The van der Waals surface area contributed by atoms with Crippen molar-refractivity contribution in [3.8, 4) is 44.5 Å². The molecule has 10 rings (SSSR count). The zero-order valence-corrected chi connectivity index (χ0v) is 26.1. The van der Waals surface area contributed by atoms with E-state index in [1.54, 1.807) is 0 Å². The maximum absolute atomic E-state index is 2.41. The minimum atomic E-state index is 0.267. The lowest BCUT2D eigenvalue weighted by Crippen LogP contribution is -2.03. The van der Waals surface area contributed by atoms with Gasteiger partial charge in [-0.1, -0.05) is 164 Å². The van der Waals surface area contributed by atoms with E-state index in [4.69, 9.17) is 0 Å². The SMILES string of the molecule is c1ccc(-c2ccc3c(c2)Cc2cc(-c4ccc(-c5cccc6c5C5=C(C6)c6ccccc6C5c5ccccc5)cc4)ccc2-3)cc1. The Morgan fingerprint density at radius 2 is 0.936 bits per heavy atom. The molecule has 0 spiro atoms. The van der Waals surface area contributed by atoms with Gasteiger partial charge in [0, 0.05) is 5.92 Å². The summed E-state index contributed by atoms with van der Waals surface area (Å²) in [6, 6.07) is 61.0. The fraction of sp³-hybridized carbons (Fsp3) is 0.0638. The molecule has 0 radical (unpaired) electrons. The highest BCUT2D eigenvalue weighted by Gasteiger charge is 2.38. The van der Waals surface area contributed by atoms with Gasteiger partial charge in [-0.3, -0.25) is 0 Å². The van der Waals surface area contributed by atoms with Crippen molar-refractivity contribution in [1.29, 1.82) is 0 Å². The molecule has 3 aliphatic rings. The quantitative estimate of drug-likeness (QED) is 0.190. The van der Waals surface area contributed by atoms with Crippen LogP contribution in [0.25, 0.3) is 55.7 Å². The molecule has 0 amide bonds. The molecule has 0 N–H and O–H groups in total. The Labute approximate surface area is 276 Å². The molecule has 3 aliphatic carbocycles. The summed E-state index contributed by atoms with van der Waals surface area (Å²) in [5.41, 5.74) is 23.4. The third kappa shape index (κ3) is 4.15. The van der Waals surface area contributed by atoms with Gasteiger partial charge in [0.15, 0.2) is 0 Å². The summed E-state index contributed by atoms with van der Waals surface area (Å²) in [4.78, 5) is 0. The fourth-order valence-corrected chi connectivity index (χ4v) is 8.51. The van der Waals surface area contributed by atoms with E-state index in [0.717, 1.165) is 12.8 Å². The predicted molar refractivity (Wildman–Crippen MR) is 196 cm³/mol. The Bertz CT molecular complexity index is 2370. The average Bonchev–Trinajstić information content (AvgIpc) is 3.80. The minimum absolute atomic E-state index is 0.267. The van der Waals surface area contributed by atoms with Crippen molar-refractivity contribution >= 4 is 11.1 Å². The molecule has 0 fully saturated rings. The first-order chi connectivity index (χ1) is 23.3. The number of rotatable bonds is 4. The van der Waals surface area contributed by atoms with Gasteiger partial charge in [0.25, 0.3) is 0 Å². The number of benzene rings is 7. The van der Waals surface area contributed by atoms with E-state index in [2.05, 4.69) is 164 Å². The molecule has 0 heteroatoms. The summed E-state index contributed by atoms with van der Waals surface area (Å²) in [6.45, 7) is 0. The summed E-state index contributed by atoms with van der Waals surface area (Å²) in [7, 11) is 0. The number of hydrogen-bond donors (Lipinski definition) is 0. The summed E-state index contributed by atoms with van der Waals surface area (Å²) < 4.78 is 0. The van der Waals surface area contributed by atoms with Crippen molar-refractivity contribution in [2.45, 2.75) is 18.8 Å². The van der Waals surface area contributed by atoms with Crippen molar-refractivity contribution in [2.75, 3.05) is 0 Å². The van der Waals surface area contributed by atoms with Crippen LogP contribution in [-0.2, 0) is 12.8 Å². The van der Waals surface area contributed by atoms with E-state index in [0.29, 0.717) is 0 Å². The smallest absolute Gasteiger partial charge is 0.0355 e. The van der Waals surface area contributed by atoms with Gasteiger partial charge in [-0.25, -0.2) is 0 Å². The van der Waals surface area contributed by atoms with Crippen molar-refractivity contribution in [2.24, 2.45) is 0 Å². The molecule has 1 unspecified atom stereocenters. The first kappa shape index (κ1) is 26.5. The van der Waals surface area contributed by atoms with Crippen LogP contribution in [0.2, 0.25) is 0 Å². The van der Waals surface area contributed by atoms with Gasteiger partial charge in [0.05, 0.1) is 0 Å². The molecule has 1 atom stereocenters. The largest absolute Gasteiger partial charge is 0.0622 e. The maximum Gasteiger partial charge on any atom is 0.0355 e. The molecule has 7 aromatic carbocycles. The molecular formula is C47H32. The normalized spacial score (nSPS) is 15.2. The van der Waals surface area contributed by atoms with E-state index in [-0.39, 0.29) is 5.92 Å². The third-order valence-electron chi connectivity index (χ3n) is 10.6. The van der Waals surface area contributed by atoms with Crippen molar-refractivity contribution < 1.29 is 0 Å². The predicted octanol–water partition coefficient (Wildman–Crippen LogP) is 11.9. The molecule has 0 aliphatic heterocycles. The van der Waals surface area contributed by atoms with E-state index in [9.17, 15) is 0 Å². The highest BCUT2D eigenvalue weighted by molar-refractivity contribution is 6.08. The van der Waals surface area contributed by atoms with Gasteiger partial charge in [0.1, 0.15) is 0 Å².